The van der Waals surface area contributed by atoms with Gasteiger partial charge in [-0.15, -0.1) is 0 Å². The molecule has 0 saturated carbocycles. The summed E-state index contributed by atoms with van der Waals surface area (Å²) in [6.07, 6.45) is 64.2. The summed E-state index contributed by atoms with van der Waals surface area (Å²) < 4.78 is 16.8. The zero-order chi connectivity index (χ0) is 47.2. The standard InChI is InChI=1S/C59H108O6/c1-4-7-10-13-16-19-22-25-28-29-32-34-37-40-43-46-49-52-58(61)64-55-56(65-59(62)53-50-47-44-41-38-35-31-27-24-21-18-15-12-9-6-3)54-63-57(60)51-48-45-42-39-36-33-30-26-23-20-17-14-11-8-5-2/h18,21,27,31,38,41,56H,4-17,19-20,22-26,28-30,32-37,39-40,42-55H2,1-3H3/b21-18-,31-27-,41-38-/t56-/m0/s1. The average Bonchev–Trinajstić information content (AvgIpc) is 3.30. The number of ether oxygens (including phenoxy) is 3. The number of hydrogen-bond donors (Lipinski definition) is 0. The number of esters is 3. The molecular weight excluding hydrogens is 805 g/mol. The van der Waals surface area contributed by atoms with Crippen LogP contribution in [0.4, 0.5) is 0 Å². The fraction of sp³-hybridized carbons (Fsp3) is 0.847. The Morgan fingerprint density at radius 2 is 0.554 bits per heavy atom. The molecule has 0 bridgehead atoms. The van der Waals surface area contributed by atoms with Gasteiger partial charge >= 0.3 is 17.9 Å². The Kier molecular flexibility index (Phi) is 52.3. The SMILES string of the molecule is CCCCC/C=C\C/C=C\C/C=C\CCCCC(=O)O[C@@H](COC(=O)CCCCCCCCCCCCCCCCC)COC(=O)CCCCCCCCCCCCCCCCCCC. The molecule has 0 aliphatic rings. The highest BCUT2D eigenvalue weighted by molar-refractivity contribution is 5.71. The van der Waals surface area contributed by atoms with Gasteiger partial charge in [0.05, 0.1) is 0 Å². The van der Waals surface area contributed by atoms with Gasteiger partial charge in [0.2, 0.25) is 0 Å². The fourth-order valence-corrected chi connectivity index (χ4v) is 8.33. The third kappa shape index (κ3) is 52.5. The first-order chi connectivity index (χ1) is 32.0. The second kappa shape index (κ2) is 54.2. The van der Waals surface area contributed by atoms with Gasteiger partial charge in [-0.3, -0.25) is 14.4 Å². The summed E-state index contributed by atoms with van der Waals surface area (Å²) in [5, 5.41) is 0. The lowest BCUT2D eigenvalue weighted by molar-refractivity contribution is -0.167. The second-order valence-corrected chi connectivity index (χ2v) is 19.2. The van der Waals surface area contributed by atoms with E-state index in [2.05, 4.69) is 57.2 Å². The number of rotatable bonds is 52. The number of unbranched alkanes of at least 4 members (excludes halogenated alkanes) is 35. The van der Waals surface area contributed by atoms with Crippen molar-refractivity contribution in [2.24, 2.45) is 0 Å². The van der Waals surface area contributed by atoms with Crippen LogP contribution in [0.1, 0.15) is 303 Å². The molecule has 0 aromatic heterocycles. The van der Waals surface area contributed by atoms with Gasteiger partial charge in [0.25, 0.3) is 0 Å². The maximum Gasteiger partial charge on any atom is 0.306 e. The van der Waals surface area contributed by atoms with Crippen LogP contribution in [0.25, 0.3) is 0 Å². The summed E-state index contributed by atoms with van der Waals surface area (Å²) in [5.74, 6) is -0.903. The molecule has 6 heteroatoms. The van der Waals surface area contributed by atoms with Gasteiger partial charge in [0.15, 0.2) is 6.10 Å². The molecule has 0 radical (unpaired) electrons. The van der Waals surface area contributed by atoms with E-state index in [0.717, 1.165) is 64.2 Å². The summed E-state index contributed by atoms with van der Waals surface area (Å²) in [4.78, 5) is 38.1. The Morgan fingerprint density at radius 1 is 0.308 bits per heavy atom. The van der Waals surface area contributed by atoms with Gasteiger partial charge in [0, 0.05) is 19.3 Å². The first-order valence-electron chi connectivity index (χ1n) is 28.5. The lowest BCUT2D eigenvalue weighted by atomic mass is 10.0. The molecule has 0 spiro atoms. The minimum atomic E-state index is -0.787. The van der Waals surface area contributed by atoms with Crippen molar-refractivity contribution in [3.05, 3.63) is 36.5 Å². The van der Waals surface area contributed by atoms with Crippen LogP contribution in [0.5, 0.6) is 0 Å². The van der Waals surface area contributed by atoms with Crippen molar-refractivity contribution in [3.8, 4) is 0 Å². The fourth-order valence-electron chi connectivity index (χ4n) is 8.33. The topological polar surface area (TPSA) is 78.9 Å². The maximum atomic E-state index is 12.8. The van der Waals surface area contributed by atoms with Gasteiger partial charge in [-0.1, -0.05) is 263 Å². The van der Waals surface area contributed by atoms with E-state index in [1.165, 1.54) is 193 Å². The van der Waals surface area contributed by atoms with E-state index in [9.17, 15) is 14.4 Å². The highest BCUT2D eigenvalue weighted by Gasteiger charge is 2.19. The summed E-state index contributed by atoms with van der Waals surface area (Å²) in [6, 6.07) is 0. The zero-order valence-corrected chi connectivity index (χ0v) is 43.5. The summed E-state index contributed by atoms with van der Waals surface area (Å²) in [7, 11) is 0. The van der Waals surface area contributed by atoms with E-state index in [4.69, 9.17) is 14.2 Å². The number of hydrogen-bond acceptors (Lipinski definition) is 6. The van der Waals surface area contributed by atoms with Crippen LogP contribution in [0.15, 0.2) is 36.5 Å². The van der Waals surface area contributed by atoms with E-state index < -0.39 is 6.10 Å². The molecule has 6 nitrogen and oxygen atoms in total. The van der Waals surface area contributed by atoms with E-state index in [1.807, 2.05) is 0 Å². The first-order valence-corrected chi connectivity index (χ1v) is 28.5. The Morgan fingerprint density at radius 3 is 0.892 bits per heavy atom. The van der Waals surface area contributed by atoms with Crippen LogP contribution in [0, 0.1) is 0 Å². The van der Waals surface area contributed by atoms with E-state index in [0.29, 0.717) is 19.3 Å². The smallest absolute Gasteiger partial charge is 0.306 e. The van der Waals surface area contributed by atoms with Crippen molar-refractivity contribution in [1.29, 1.82) is 0 Å². The predicted molar refractivity (Wildman–Crippen MR) is 279 cm³/mol. The van der Waals surface area contributed by atoms with E-state index in [1.54, 1.807) is 0 Å². The second-order valence-electron chi connectivity index (χ2n) is 19.2. The lowest BCUT2D eigenvalue weighted by Crippen LogP contribution is -2.30. The van der Waals surface area contributed by atoms with E-state index >= 15 is 0 Å². The molecule has 0 aliphatic carbocycles. The maximum absolute atomic E-state index is 12.8. The Labute approximate surface area is 404 Å². The quantitative estimate of drug-likeness (QED) is 0.0262. The molecule has 0 aromatic rings. The minimum absolute atomic E-state index is 0.0827. The molecule has 0 unspecified atom stereocenters. The Bertz CT molecular complexity index is 1090. The van der Waals surface area contributed by atoms with Gasteiger partial charge in [-0.2, -0.15) is 0 Å². The Hall–Kier alpha value is -2.37. The van der Waals surface area contributed by atoms with Crippen molar-refractivity contribution < 1.29 is 28.6 Å². The van der Waals surface area contributed by atoms with Crippen LogP contribution >= 0.6 is 0 Å². The molecule has 0 amide bonds. The lowest BCUT2D eigenvalue weighted by Gasteiger charge is -2.18. The van der Waals surface area contributed by atoms with Crippen molar-refractivity contribution >= 4 is 17.9 Å². The summed E-state index contributed by atoms with van der Waals surface area (Å²) in [6.45, 7) is 6.62. The molecule has 0 aromatic carbocycles. The van der Waals surface area contributed by atoms with Crippen LogP contribution in [0.2, 0.25) is 0 Å². The third-order valence-corrected chi connectivity index (χ3v) is 12.6. The monoisotopic (exact) mass is 913 g/mol. The van der Waals surface area contributed by atoms with Crippen molar-refractivity contribution in [1.82, 2.24) is 0 Å². The highest BCUT2D eigenvalue weighted by atomic mass is 16.6. The number of carbonyl (C=O) groups is 3. The average molecular weight is 914 g/mol. The molecule has 380 valence electrons. The molecule has 0 N–H and O–H groups in total. The molecule has 0 rings (SSSR count). The van der Waals surface area contributed by atoms with Gasteiger partial charge in [0.1, 0.15) is 13.2 Å². The van der Waals surface area contributed by atoms with Crippen molar-refractivity contribution in [2.75, 3.05) is 13.2 Å². The Balaban J connectivity index is 4.38. The normalized spacial score (nSPS) is 12.2. The van der Waals surface area contributed by atoms with E-state index in [-0.39, 0.29) is 37.5 Å². The zero-order valence-electron chi connectivity index (χ0n) is 43.5. The van der Waals surface area contributed by atoms with Crippen LogP contribution in [0.3, 0.4) is 0 Å². The van der Waals surface area contributed by atoms with Crippen molar-refractivity contribution in [3.63, 3.8) is 0 Å². The number of allylic oxidation sites excluding steroid dienone is 6. The molecular formula is C59H108O6. The molecule has 1 atom stereocenters. The van der Waals surface area contributed by atoms with Crippen molar-refractivity contribution in [2.45, 2.75) is 309 Å². The molecule has 65 heavy (non-hydrogen) atoms. The van der Waals surface area contributed by atoms with Crippen LogP contribution < -0.4 is 0 Å². The largest absolute Gasteiger partial charge is 0.462 e. The molecule has 0 aliphatic heterocycles. The minimum Gasteiger partial charge on any atom is -0.462 e. The molecule has 0 heterocycles. The van der Waals surface area contributed by atoms with Gasteiger partial charge in [-0.05, 0) is 57.8 Å². The van der Waals surface area contributed by atoms with Crippen LogP contribution in [-0.2, 0) is 28.6 Å². The summed E-state index contributed by atoms with van der Waals surface area (Å²) >= 11 is 0. The number of carbonyl (C=O) groups excluding carboxylic acids is 3. The van der Waals surface area contributed by atoms with Gasteiger partial charge in [-0.25, -0.2) is 0 Å². The van der Waals surface area contributed by atoms with Crippen LogP contribution in [-0.4, -0.2) is 37.2 Å². The molecule has 0 fully saturated rings. The summed E-state index contributed by atoms with van der Waals surface area (Å²) in [5.41, 5.74) is 0. The highest BCUT2D eigenvalue weighted by Crippen LogP contribution is 2.17. The molecule has 0 saturated heterocycles. The first kappa shape index (κ1) is 62.6. The predicted octanol–water partition coefficient (Wildman–Crippen LogP) is 18.9. The third-order valence-electron chi connectivity index (χ3n) is 12.6. The van der Waals surface area contributed by atoms with Gasteiger partial charge < -0.3 is 14.2 Å².